The number of hydrogen-bond donors (Lipinski definition) is 1. The second-order valence-corrected chi connectivity index (χ2v) is 9.73. The van der Waals surface area contributed by atoms with Crippen molar-refractivity contribution in [3.63, 3.8) is 0 Å². The van der Waals surface area contributed by atoms with E-state index in [2.05, 4.69) is 4.72 Å². The number of likely N-dealkylation sites (tertiary alicyclic amines) is 1. The Balaban J connectivity index is 2.00. The third-order valence-corrected chi connectivity index (χ3v) is 6.92. The molecule has 1 aliphatic heterocycles. The van der Waals surface area contributed by atoms with Crippen LogP contribution < -0.4 is 4.72 Å². The Hall–Kier alpha value is -2.30. The lowest BCUT2D eigenvalue weighted by molar-refractivity contribution is -0.137. The van der Waals surface area contributed by atoms with Crippen LogP contribution >= 0.6 is 23.2 Å². The number of nitrogens with zero attached hydrogens (tertiary/aromatic N) is 1. The summed E-state index contributed by atoms with van der Waals surface area (Å²) in [6, 6.07) is 5.35. The van der Waals surface area contributed by atoms with Gasteiger partial charge in [-0.3, -0.25) is 14.3 Å². The first-order chi connectivity index (χ1) is 14.8. The number of hydrogen-bond acceptors (Lipinski definition) is 4. The van der Waals surface area contributed by atoms with Crippen LogP contribution in [0.2, 0.25) is 10.0 Å². The maximum atomic E-state index is 13.1. The molecule has 1 fully saturated rings. The van der Waals surface area contributed by atoms with Crippen LogP contribution in [0.4, 0.5) is 18.9 Å². The molecule has 0 aromatic heterocycles. The van der Waals surface area contributed by atoms with Crippen LogP contribution in [0, 0.1) is 0 Å². The van der Waals surface area contributed by atoms with Crippen LogP contribution in [-0.4, -0.2) is 37.6 Å². The van der Waals surface area contributed by atoms with Gasteiger partial charge in [-0.2, -0.15) is 13.2 Å². The number of halogens is 5. The van der Waals surface area contributed by atoms with Gasteiger partial charge in [-0.05, 0) is 56.2 Å². The Morgan fingerprint density at radius 1 is 1.12 bits per heavy atom. The molecule has 0 saturated carbocycles. The smallest absolute Gasteiger partial charge is 0.329 e. The molecule has 1 atom stereocenters. The van der Waals surface area contributed by atoms with Crippen molar-refractivity contribution in [3.8, 4) is 0 Å². The fourth-order valence-electron chi connectivity index (χ4n) is 3.47. The third-order valence-electron chi connectivity index (χ3n) is 4.99. The number of carbonyl (C=O) groups is 2. The summed E-state index contributed by atoms with van der Waals surface area (Å²) in [5.41, 5.74) is -1.62. The number of benzene rings is 2. The molecule has 2 aromatic rings. The molecule has 172 valence electrons. The number of sulfonamides is 1. The fourth-order valence-corrected chi connectivity index (χ4v) is 4.96. The van der Waals surface area contributed by atoms with Crippen LogP contribution in [0.25, 0.3) is 0 Å². The van der Waals surface area contributed by atoms with Gasteiger partial charge in [0.1, 0.15) is 0 Å². The molecule has 1 unspecified atom stereocenters. The van der Waals surface area contributed by atoms with Gasteiger partial charge < -0.3 is 4.90 Å². The second kappa shape index (κ2) is 8.92. The minimum absolute atomic E-state index is 0.0869. The maximum absolute atomic E-state index is 13.1. The molecule has 0 bridgehead atoms. The lowest BCUT2D eigenvalue weighted by Crippen LogP contribution is -2.39. The molecule has 12 heteroatoms. The van der Waals surface area contributed by atoms with E-state index >= 15 is 0 Å². The minimum Gasteiger partial charge on any atom is -0.329 e. The topological polar surface area (TPSA) is 83.6 Å². The first kappa shape index (κ1) is 24.3. The number of anilines is 1. The van der Waals surface area contributed by atoms with Crippen molar-refractivity contribution in [1.82, 2.24) is 4.90 Å². The molecule has 0 aliphatic carbocycles. The van der Waals surface area contributed by atoms with Crippen LogP contribution in [0.5, 0.6) is 0 Å². The van der Waals surface area contributed by atoms with Crippen LogP contribution in [0.1, 0.15) is 35.7 Å². The van der Waals surface area contributed by atoms with Gasteiger partial charge in [-0.15, -0.1) is 0 Å². The number of amides is 1. The molecule has 1 amide bonds. The molecule has 1 N–H and O–H groups in total. The summed E-state index contributed by atoms with van der Waals surface area (Å²) < 4.78 is 67.2. The number of nitrogens with one attached hydrogen (secondary N) is 1. The highest BCUT2D eigenvalue weighted by atomic mass is 35.5. The van der Waals surface area contributed by atoms with Gasteiger partial charge in [-0.1, -0.05) is 23.2 Å². The molecule has 2 aromatic carbocycles. The standard InChI is InChI=1S/C20H17Cl2F3N2O4S/c1-11(28)18-3-2-8-27(18)19(29)14-6-4-12(21)9-17(14)26-32(30,31)13-5-7-16(22)15(10-13)20(23,24)25/h4-7,9-10,18,26H,2-3,8H2,1H3. The van der Waals surface area contributed by atoms with Gasteiger partial charge >= 0.3 is 6.18 Å². The normalized spacial score (nSPS) is 16.8. The summed E-state index contributed by atoms with van der Waals surface area (Å²) in [5, 5.41) is -0.560. The van der Waals surface area contributed by atoms with E-state index in [0.29, 0.717) is 25.5 Å². The molecule has 1 aliphatic rings. The molecule has 1 heterocycles. The number of Topliss-reactive ketones (excluding diaryl/α,β-unsaturated/α-hetero) is 1. The molecular weight excluding hydrogens is 492 g/mol. The summed E-state index contributed by atoms with van der Waals surface area (Å²) in [7, 11) is -4.54. The summed E-state index contributed by atoms with van der Waals surface area (Å²) in [6.07, 6.45) is -3.77. The molecule has 0 spiro atoms. The van der Waals surface area contributed by atoms with Gasteiger partial charge in [-0.25, -0.2) is 8.42 Å². The SMILES string of the molecule is CC(=O)C1CCCN1C(=O)c1ccc(Cl)cc1NS(=O)(=O)c1ccc(Cl)c(C(F)(F)F)c1. The first-order valence-electron chi connectivity index (χ1n) is 9.32. The molecular formula is C20H17Cl2F3N2O4S. The van der Waals surface area contributed by atoms with Crippen molar-refractivity contribution in [3.05, 3.63) is 57.6 Å². The van der Waals surface area contributed by atoms with E-state index in [1.807, 2.05) is 0 Å². The highest BCUT2D eigenvalue weighted by Gasteiger charge is 2.36. The van der Waals surface area contributed by atoms with E-state index in [1.165, 1.54) is 30.0 Å². The van der Waals surface area contributed by atoms with Crippen molar-refractivity contribution in [2.45, 2.75) is 36.9 Å². The number of alkyl halides is 3. The minimum atomic E-state index is -4.86. The van der Waals surface area contributed by atoms with Gasteiger partial charge in [0.15, 0.2) is 5.78 Å². The largest absolute Gasteiger partial charge is 0.417 e. The van der Waals surface area contributed by atoms with Crippen LogP contribution in [0.15, 0.2) is 41.3 Å². The van der Waals surface area contributed by atoms with Crippen LogP contribution in [0.3, 0.4) is 0 Å². The van der Waals surface area contributed by atoms with Gasteiger partial charge in [0.05, 0.1) is 32.8 Å². The highest BCUT2D eigenvalue weighted by molar-refractivity contribution is 7.92. The monoisotopic (exact) mass is 508 g/mol. The zero-order chi connectivity index (χ0) is 23.8. The summed E-state index contributed by atoms with van der Waals surface area (Å²) in [5.74, 6) is -0.794. The Bertz CT molecular complexity index is 1190. The van der Waals surface area contributed by atoms with Gasteiger partial charge in [0.2, 0.25) is 0 Å². The molecule has 3 rings (SSSR count). The average Bonchev–Trinajstić information content (AvgIpc) is 3.17. The van der Waals surface area contributed by atoms with E-state index < -0.39 is 43.6 Å². The van der Waals surface area contributed by atoms with Gasteiger partial charge in [0.25, 0.3) is 15.9 Å². The first-order valence-corrected chi connectivity index (χ1v) is 11.6. The summed E-state index contributed by atoms with van der Waals surface area (Å²) >= 11 is 11.5. The quantitative estimate of drug-likeness (QED) is 0.615. The number of carbonyl (C=O) groups excluding carboxylic acids is 2. The number of ketones is 1. The Morgan fingerprint density at radius 2 is 1.81 bits per heavy atom. The van der Waals surface area contributed by atoms with E-state index in [1.54, 1.807) is 0 Å². The average molecular weight is 509 g/mol. The van der Waals surface area contributed by atoms with E-state index in [4.69, 9.17) is 23.2 Å². The predicted molar refractivity (Wildman–Crippen MR) is 113 cm³/mol. The zero-order valence-electron chi connectivity index (χ0n) is 16.5. The Labute approximate surface area is 192 Å². The third kappa shape index (κ3) is 5.02. The van der Waals surface area contributed by atoms with Crippen molar-refractivity contribution in [2.75, 3.05) is 11.3 Å². The highest BCUT2D eigenvalue weighted by Crippen LogP contribution is 2.36. The molecule has 6 nitrogen and oxygen atoms in total. The lowest BCUT2D eigenvalue weighted by Gasteiger charge is -2.24. The number of rotatable bonds is 5. The predicted octanol–water partition coefficient (Wildman–Crippen LogP) is 5.01. The molecule has 1 saturated heterocycles. The van der Waals surface area contributed by atoms with Gasteiger partial charge in [0, 0.05) is 11.6 Å². The fraction of sp³-hybridized carbons (Fsp3) is 0.300. The lowest BCUT2D eigenvalue weighted by atomic mass is 10.1. The maximum Gasteiger partial charge on any atom is 0.417 e. The van der Waals surface area contributed by atoms with E-state index in [-0.39, 0.29) is 22.1 Å². The van der Waals surface area contributed by atoms with Crippen molar-refractivity contribution < 1.29 is 31.2 Å². The second-order valence-electron chi connectivity index (χ2n) is 7.20. The zero-order valence-corrected chi connectivity index (χ0v) is 18.9. The molecule has 0 radical (unpaired) electrons. The van der Waals surface area contributed by atoms with E-state index in [9.17, 15) is 31.2 Å². The van der Waals surface area contributed by atoms with Crippen molar-refractivity contribution in [2.24, 2.45) is 0 Å². The van der Waals surface area contributed by atoms with Crippen molar-refractivity contribution in [1.29, 1.82) is 0 Å². The van der Waals surface area contributed by atoms with E-state index in [0.717, 1.165) is 12.1 Å². The van der Waals surface area contributed by atoms with Crippen molar-refractivity contribution >= 4 is 50.6 Å². The summed E-state index contributed by atoms with van der Waals surface area (Å²) in [4.78, 5) is 25.6. The Morgan fingerprint density at radius 3 is 2.44 bits per heavy atom. The Kier molecular flexibility index (Phi) is 6.78. The molecule has 32 heavy (non-hydrogen) atoms. The van der Waals surface area contributed by atoms with Crippen LogP contribution in [-0.2, 0) is 21.0 Å². The summed E-state index contributed by atoms with van der Waals surface area (Å²) in [6.45, 7) is 1.67.